The Balaban J connectivity index is 3.11. The van der Waals surface area contributed by atoms with E-state index in [9.17, 15) is 0 Å². The standard InChI is InChI=1S/C13H20Br2O/c1-9-8-11(15)10(14)6-7-12(2,3)16-13(9,4)5/h6,8-9H,7H2,1-5H3/b10-6+,11-8+. The molecule has 0 aromatic rings. The quantitative estimate of drug-likeness (QED) is 0.585. The molecule has 0 aliphatic carbocycles. The molecule has 1 nitrogen and oxygen atoms in total. The van der Waals surface area contributed by atoms with Crippen LogP contribution in [-0.4, -0.2) is 11.2 Å². The number of halogens is 2. The van der Waals surface area contributed by atoms with Crippen LogP contribution in [0.1, 0.15) is 41.0 Å². The summed E-state index contributed by atoms with van der Waals surface area (Å²) in [5.41, 5.74) is -0.295. The molecule has 0 N–H and O–H groups in total. The lowest BCUT2D eigenvalue weighted by molar-refractivity contribution is -0.136. The molecule has 1 heterocycles. The number of allylic oxidation sites excluding steroid dienone is 2. The second-order valence-electron chi connectivity index (χ2n) is 5.52. The maximum atomic E-state index is 6.22. The van der Waals surface area contributed by atoms with Crippen LogP contribution < -0.4 is 0 Å². The maximum Gasteiger partial charge on any atom is 0.0694 e. The van der Waals surface area contributed by atoms with Gasteiger partial charge in [0.15, 0.2) is 0 Å². The van der Waals surface area contributed by atoms with E-state index >= 15 is 0 Å². The average Bonchev–Trinajstić information content (AvgIpc) is 2.13. The molecule has 0 amide bonds. The monoisotopic (exact) mass is 350 g/mol. The second-order valence-corrected chi connectivity index (χ2v) is 7.23. The third kappa shape index (κ3) is 3.71. The predicted molar refractivity (Wildman–Crippen MR) is 77.0 cm³/mol. The van der Waals surface area contributed by atoms with E-state index in [4.69, 9.17) is 4.74 Å². The molecular weight excluding hydrogens is 332 g/mol. The lowest BCUT2D eigenvalue weighted by atomic mass is 9.91. The molecule has 1 aliphatic heterocycles. The van der Waals surface area contributed by atoms with Gasteiger partial charge in [-0.1, -0.05) is 19.1 Å². The van der Waals surface area contributed by atoms with Crippen molar-refractivity contribution in [2.75, 3.05) is 0 Å². The maximum absolute atomic E-state index is 6.22. The van der Waals surface area contributed by atoms with Crippen molar-refractivity contribution in [3.8, 4) is 0 Å². The molecule has 1 rings (SSSR count). The molecule has 0 aromatic carbocycles. The van der Waals surface area contributed by atoms with E-state index in [1.54, 1.807) is 0 Å². The minimum absolute atomic E-state index is 0.137. The number of rotatable bonds is 0. The summed E-state index contributed by atoms with van der Waals surface area (Å²) in [6.45, 7) is 10.8. The highest BCUT2D eigenvalue weighted by Crippen LogP contribution is 2.36. The van der Waals surface area contributed by atoms with Crippen molar-refractivity contribution in [2.24, 2.45) is 5.92 Å². The summed E-state index contributed by atoms with van der Waals surface area (Å²) in [6.07, 6.45) is 5.25. The van der Waals surface area contributed by atoms with Gasteiger partial charge in [0, 0.05) is 14.9 Å². The normalized spacial score (nSPS) is 36.1. The minimum Gasteiger partial charge on any atom is -0.369 e. The van der Waals surface area contributed by atoms with Crippen LogP contribution in [0.4, 0.5) is 0 Å². The highest BCUT2D eigenvalue weighted by Gasteiger charge is 2.33. The second kappa shape index (κ2) is 4.95. The summed E-state index contributed by atoms with van der Waals surface area (Å²) in [4.78, 5) is 0. The Labute approximate surface area is 116 Å². The molecule has 1 atom stereocenters. The Morgan fingerprint density at radius 3 is 2.31 bits per heavy atom. The zero-order chi connectivity index (χ0) is 12.6. The van der Waals surface area contributed by atoms with Crippen LogP contribution in [0.5, 0.6) is 0 Å². The van der Waals surface area contributed by atoms with Gasteiger partial charge in [-0.05, 0) is 66.0 Å². The summed E-state index contributed by atoms with van der Waals surface area (Å²) >= 11 is 7.17. The average molecular weight is 352 g/mol. The first-order valence-electron chi connectivity index (χ1n) is 5.57. The Morgan fingerprint density at radius 2 is 1.75 bits per heavy atom. The molecule has 0 saturated heterocycles. The minimum atomic E-state index is -0.159. The number of ether oxygens (including phenoxy) is 1. The zero-order valence-electron chi connectivity index (χ0n) is 10.6. The van der Waals surface area contributed by atoms with Crippen LogP contribution in [-0.2, 0) is 4.74 Å². The van der Waals surface area contributed by atoms with Crippen LogP contribution in [0.25, 0.3) is 0 Å². The van der Waals surface area contributed by atoms with Crippen LogP contribution >= 0.6 is 31.9 Å². The van der Waals surface area contributed by atoms with Crippen molar-refractivity contribution in [1.29, 1.82) is 0 Å². The topological polar surface area (TPSA) is 9.23 Å². The van der Waals surface area contributed by atoms with E-state index < -0.39 is 0 Å². The van der Waals surface area contributed by atoms with Crippen molar-refractivity contribution < 1.29 is 4.74 Å². The fourth-order valence-electron chi connectivity index (χ4n) is 1.78. The lowest BCUT2D eigenvalue weighted by Gasteiger charge is -2.38. The Hall–Kier alpha value is 0.400. The van der Waals surface area contributed by atoms with Crippen molar-refractivity contribution in [3.63, 3.8) is 0 Å². The first-order chi connectivity index (χ1) is 7.14. The molecule has 0 aromatic heterocycles. The molecule has 1 aliphatic rings. The number of hydrogen-bond donors (Lipinski definition) is 0. The Bertz CT molecular complexity index is 327. The fourth-order valence-corrected chi connectivity index (χ4v) is 2.63. The van der Waals surface area contributed by atoms with Crippen LogP contribution in [0.2, 0.25) is 0 Å². The summed E-state index contributed by atoms with van der Waals surface area (Å²) < 4.78 is 8.44. The third-order valence-electron chi connectivity index (χ3n) is 3.03. The molecule has 0 fully saturated rings. The summed E-state index contributed by atoms with van der Waals surface area (Å²) in [5.74, 6) is 0.347. The predicted octanol–water partition coefficient (Wildman–Crippen LogP) is 5.16. The van der Waals surface area contributed by atoms with E-state index in [0.717, 1.165) is 15.4 Å². The van der Waals surface area contributed by atoms with Gasteiger partial charge >= 0.3 is 0 Å². The van der Waals surface area contributed by atoms with Crippen molar-refractivity contribution in [2.45, 2.75) is 52.2 Å². The smallest absolute Gasteiger partial charge is 0.0694 e. The van der Waals surface area contributed by atoms with Gasteiger partial charge in [-0.3, -0.25) is 0 Å². The van der Waals surface area contributed by atoms with Crippen LogP contribution in [0, 0.1) is 5.92 Å². The van der Waals surface area contributed by atoms with Crippen LogP contribution in [0.3, 0.4) is 0 Å². The van der Waals surface area contributed by atoms with Crippen LogP contribution in [0.15, 0.2) is 21.1 Å². The Kier molecular flexibility index (Phi) is 4.47. The lowest BCUT2D eigenvalue weighted by Crippen LogP contribution is -2.40. The summed E-state index contributed by atoms with van der Waals surface area (Å²) in [5, 5.41) is 0. The van der Waals surface area contributed by atoms with Crippen molar-refractivity contribution >= 4 is 31.9 Å². The SMILES string of the molecule is CC1/C=C(Br)\C(Br)=C/CC(C)(C)OC1(C)C. The fraction of sp³-hybridized carbons (Fsp3) is 0.692. The van der Waals surface area contributed by atoms with Gasteiger partial charge in [0.2, 0.25) is 0 Å². The van der Waals surface area contributed by atoms with Gasteiger partial charge in [0.05, 0.1) is 11.2 Å². The van der Waals surface area contributed by atoms with Gasteiger partial charge in [0.1, 0.15) is 0 Å². The molecule has 0 radical (unpaired) electrons. The molecule has 92 valence electrons. The molecular formula is C13H20Br2O. The molecule has 16 heavy (non-hydrogen) atoms. The van der Waals surface area contributed by atoms with Crippen molar-refractivity contribution in [3.05, 3.63) is 21.1 Å². The van der Waals surface area contributed by atoms with E-state index in [-0.39, 0.29) is 11.2 Å². The highest BCUT2D eigenvalue weighted by atomic mass is 79.9. The van der Waals surface area contributed by atoms with E-state index in [1.165, 1.54) is 0 Å². The molecule has 0 spiro atoms. The van der Waals surface area contributed by atoms with E-state index in [1.807, 2.05) is 0 Å². The third-order valence-corrected chi connectivity index (χ3v) is 5.01. The molecule has 1 unspecified atom stereocenters. The molecule has 3 heteroatoms. The molecule has 0 saturated carbocycles. The van der Waals surface area contributed by atoms with E-state index in [0.29, 0.717) is 5.92 Å². The first-order valence-corrected chi connectivity index (χ1v) is 7.16. The first kappa shape index (κ1) is 14.5. The van der Waals surface area contributed by atoms with Gasteiger partial charge in [-0.15, -0.1) is 0 Å². The number of hydrogen-bond acceptors (Lipinski definition) is 1. The van der Waals surface area contributed by atoms with Gasteiger partial charge in [0.25, 0.3) is 0 Å². The van der Waals surface area contributed by atoms with Crippen molar-refractivity contribution in [1.82, 2.24) is 0 Å². The van der Waals surface area contributed by atoms with Gasteiger partial charge in [-0.2, -0.15) is 0 Å². The molecule has 0 bridgehead atoms. The van der Waals surface area contributed by atoms with Gasteiger partial charge < -0.3 is 4.74 Å². The largest absolute Gasteiger partial charge is 0.369 e. The van der Waals surface area contributed by atoms with Gasteiger partial charge in [-0.25, -0.2) is 0 Å². The highest BCUT2D eigenvalue weighted by molar-refractivity contribution is 9.15. The Morgan fingerprint density at radius 1 is 1.19 bits per heavy atom. The summed E-state index contributed by atoms with van der Waals surface area (Å²) in [7, 11) is 0. The zero-order valence-corrected chi connectivity index (χ0v) is 13.8. The van der Waals surface area contributed by atoms with E-state index in [2.05, 4.69) is 78.6 Å². The summed E-state index contributed by atoms with van der Waals surface area (Å²) in [6, 6.07) is 0.